The molecule has 0 aliphatic heterocycles. The Morgan fingerprint density at radius 2 is 1.81 bits per heavy atom. The molecule has 0 spiro atoms. The van der Waals surface area contributed by atoms with Crippen LogP contribution in [0.1, 0.15) is 0 Å². The molecule has 0 fully saturated rings. The standard InChI is InChI=1S/C15H14FN3O2/c1-20-13-6-4-10(8-14(13)21-2)19-12-7-9(16)3-5-11(12)18-15(19)17/h3-8H,1-2H3,(H2,17,18). The molecule has 3 rings (SSSR count). The molecule has 1 heterocycles. The predicted octanol–water partition coefficient (Wildman–Crippen LogP) is 2.76. The number of rotatable bonds is 3. The molecular formula is C15H14FN3O2. The van der Waals surface area contributed by atoms with Crippen LogP contribution in [0.3, 0.4) is 0 Å². The summed E-state index contributed by atoms with van der Waals surface area (Å²) in [5.74, 6) is 1.11. The van der Waals surface area contributed by atoms with Crippen LogP contribution in [0.2, 0.25) is 0 Å². The van der Waals surface area contributed by atoms with Gasteiger partial charge >= 0.3 is 0 Å². The van der Waals surface area contributed by atoms with Crippen LogP contribution < -0.4 is 15.2 Å². The van der Waals surface area contributed by atoms with E-state index in [9.17, 15) is 4.39 Å². The van der Waals surface area contributed by atoms with Gasteiger partial charge in [-0.2, -0.15) is 0 Å². The highest BCUT2D eigenvalue weighted by molar-refractivity contribution is 5.81. The lowest BCUT2D eigenvalue weighted by Gasteiger charge is -2.11. The van der Waals surface area contributed by atoms with Crippen LogP contribution >= 0.6 is 0 Å². The summed E-state index contributed by atoms with van der Waals surface area (Å²) in [7, 11) is 3.12. The van der Waals surface area contributed by atoms with E-state index in [1.165, 1.54) is 12.1 Å². The van der Waals surface area contributed by atoms with Gasteiger partial charge in [0.25, 0.3) is 0 Å². The van der Waals surface area contributed by atoms with Crippen molar-refractivity contribution in [3.63, 3.8) is 0 Å². The molecular weight excluding hydrogens is 273 g/mol. The van der Waals surface area contributed by atoms with Crippen LogP contribution in [0.25, 0.3) is 16.7 Å². The first kappa shape index (κ1) is 13.2. The van der Waals surface area contributed by atoms with E-state index >= 15 is 0 Å². The lowest BCUT2D eigenvalue weighted by Crippen LogP contribution is -2.01. The van der Waals surface area contributed by atoms with Crippen molar-refractivity contribution >= 4 is 17.0 Å². The zero-order valence-electron chi connectivity index (χ0n) is 11.6. The molecule has 0 bridgehead atoms. The molecule has 0 aliphatic carbocycles. The number of nitrogen functional groups attached to an aromatic ring is 1. The van der Waals surface area contributed by atoms with Gasteiger partial charge in [-0.15, -0.1) is 0 Å². The van der Waals surface area contributed by atoms with Gasteiger partial charge < -0.3 is 15.2 Å². The molecule has 3 aromatic rings. The number of nitrogens with zero attached hydrogens (tertiary/aromatic N) is 2. The van der Waals surface area contributed by atoms with E-state index in [2.05, 4.69) is 4.98 Å². The van der Waals surface area contributed by atoms with Crippen LogP contribution in [-0.4, -0.2) is 23.8 Å². The molecule has 21 heavy (non-hydrogen) atoms. The van der Waals surface area contributed by atoms with Gasteiger partial charge in [0.15, 0.2) is 11.5 Å². The minimum atomic E-state index is -0.343. The van der Waals surface area contributed by atoms with E-state index in [0.717, 1.165) is 5.69 Å². The molecule has 2 aromatic carbocycles. The Kier molecular flexibility index (Phi) is 3.13. The average molecular weight is 287 g/mol. The SMILES string of the molecule is COc1ccc(-n2c(N)nc3ccc(F)cc32)cc1OC. The normalized spacial score (nSPS) is 10.8. The maximum Gasteiger partial charge on any atom is 0.205 e. The first-order valence-corrected chi connectivity index (χ1v) is 6.30. The molecule has 0 radical (unpaired) electrons. The molecule has 0 aliphatic rings. The third-order valence-electron chi connectivity index (χ3n) is 3.27. The zero-order valence-corrected chi connectivity index (χ0v) is 11.6. The third-order valence-corrected chi connectivity index (χ3v) is 3.27. The average Bonchev–Trinajstić information content (AvgIpc) is 2.81. The van der Waals surface area contributed by atoms with Crippen molar-refractivity contribution in [1.29, 1.82) is 0 Å². The van der Waals surface area contributed by atoms with Crippen LogP contribution in [0.4, 0.5) is 10.3 Å². The van der Waals surface area contributed by atoms with Crippen molar-refractivity contribution in [1.82, 2.24) is 9.55 Å². The molecule has 6 heteroatoms. The van der Waals surface area contributed by atoms with Gasteiger partial charge in [0.1, 0.15) is 5.82 Å². The second kappa shape index (κ2) is 4.97. The Morgan fingerprint density at radius 3 is 2.52 bits per heavy atom. The highest BCUT2D eigenvalue weighted by Gasteiger charge is 2.13. The van der Waals surface area contributed by atoms with Gasteiger partial charge in [0.2, 0.25) is 5.95 Å². The number of methoxy groups -OCH3 is 2. The summed E-state index contributed by atoms with van der Waals surface area (Å²) in [4.78, 5) is 4.23. The first-order valence-electron chi connectivity index (χ1n) is 6.30. The quantitative estimate of drug-likeness (QED) is 0.804. The summed E-state index contributed by atoms with van der Waals surface area (Å²) in [5.41, 5.74) is 7.90. The minimum Gasteiger partial charge on any atom is -0.493 e. The fourth-order valence-corrected chi connectivity index (χ4v) is 2.30. The molecule has 1 aromatic heterocycles. The number of ether oxygens (including phenoxy) is 2. The largest absolute Gasteiger partial charge is 0.493 e. The molecule has 0 saturated heterocycles. The van der Waals surface area contributed by atoms with Crippen LogP contribution in [-0.2, 0) is 0 Å². The summed E-state index contributed by atoms with van der Waals surface area (Å²) >= 11 is 0. The van der Waals surface area contributed by atoms with Crippen molar-refractivity contribution in [3.8, 4) is 17.2 Å². The van der Waals surface area contributed by atoms with Gasteiger partial charge in [0, 0.05) is 12.1 Å². The van der Waals surface area contributed by atoms with E-state index < -0.39 is 0 Å². The van der Waals surface area contributed by atoms with E-state index in [-0.39, 0.29) is 11.8 Å². The Hall–Kier alpha value is -2.76. The van der Waals surface area contributed by atoms with Crippen molar-refractivity contribution in [3.05, 3.63) is 42.2 Å². The summed E-state index contributed by atoms with van der Waals surface area (Å²) in [6, 6.07) is 9.69. The highest BCUT2D eigenvalue weighted by atomic mass is 19.1. The van der Waals surface area contributed by atoms with Crippen molar-refractivity contribution in [2.45, 2.75) is 0 Å². The summed E-state index contributed by atoms with van der Waals surface area (Å²) < 4.78 is 25.6. The number of anilines is 1. The Morgan fingerprint density at radius 1 is 1.05 bits per heavy atom. The molecule has 0 atom stereocenters. The lowest BCUT2D eigenvalue weighted by atomic mass is 10.2. The summed E-state index contributed by atoms with van der Waals surface area (Å²) in [6.07, 6.45) is 0. The number of benzene rings is 2. The number of imidazole rings is 1. The van der Waals surface area contributed by atoms with Gasteiger partial charge in [-0.1, -0.05) is 0 Å². The molecule has 2 N–H and O–H groups in total. The maximum atomic E-state index is 13.5. The van der Waals surface area contributed by atoms with Gasteiger partial charge in [-0.05, 0) is 24.3 Å². The number of aromatic nitrogens is 2. The van der Waals surface area contributed by atoms with Crippen LogP contribution in [0.15, 0.2) is 36.4 Å². The molecule has 0 amide bonds. The molecule has 0 unspecified atom stereocenters. The molecule has 108 valence electrons. The van der Waals surface area contributed by atoms with Crippen LogP contribution in [0, 0.1) is 5.82 Å². The predicted molar refractivity (Wildman–Crippen MR) is 78.5 cm³/mol. The van der Waals surface area contributed by atoms with Crippen LogP contribution in [0.5, 0.6) is 11.5 Å². The number of hydrogen-bond acceptors (Lipinski definition) is 4. The topological polar surface area (TPSA) is 62.3 Å². The fourth-order valence-electron chi connectivity index (χ4n) is 2.30. The zero-order chi connectivity index (χ0) is 15.0. The molecule has 0 saturated carbocycles. The Bertz CT molecular complexity index is 814. The number of fused-ring (bicyclic) bond motifs is 1. The Balaban J connectivity index is 2.24. The second-order valence-electron chi connectivity index (χ2n) is 4.48. The first-order chi connectivity index (χ1) is 10.1. The lowest BCUT2D eigenvalue weighted by molar-refractivity contribution is 0.355. The summed E-state index contributed by atoms with van der Waals surface area (Å²) in [5, 5.41) is 0. The van der Waals surface area contributed by atoms with Gasteiger partial charge in [0.05, 0.1) is 30.9 Å². The van der Waals surface area contributed by atoms with E-state index in [0.29, 0.717) is 22.5 Å². The number of halogens is 1. The maximum absolute atomic E-state index is 13.5. The smallest absolute Gasteiger partial charge is 0.205 e. The second-order valence-corrected chi connectivity index (χ2v) is 4.48. The fraction of sp³-hybridized carbons (Fsp3) is 0.133. The monoisotopic (exact) mass is 287 g/mol. The van der Waals surface area contributed by atoms with Gasteiger partial charge in [-0.25, -0.2) is 9.37 Å². The van der Waals surface area contributed by atoms with Crippen molar-refractivity contribution in [2.24, 2.45) is 0 Å². The van der Waals surface area contributed by atoms with E-state index in [1.54, 1.807) is 37.0 Å². The summed E-state index contributed by atoms with van der Waals surface area (Å²) in [6.45, 7) is 0. The minimum absolute atomic E-state index is 0.280. The van der Waals surface area contributed by atoms with Crippen molar-refractivity contribution in [2.75, 3.05) is 20.0 Å². The Labute approximate surface area is 120 Å². The highest BCUT2D eigenvalue weighted by Crippen LogP contribution is 2.32. The van der Waals surface area contributed by atoms with E-state index in [1.807, 2.05) is 6.07 Å². The number of hydrogen-bond donors (Lipinski definition) is 1. The van der Waals surface area contributed by atoms with E-state index in [4.69, 9.17) is 15.2 Å². The number of nitrogens with two attached hydrogens (primary N) is 1. The van der Waals surface area contributed by atoms with Crippen molar-refractivity contribution < 1.29 is 13.9 Å². The van der Waals surface area contributed by atoms with Gasteiger partial charge in [-0.3, -0.25) is 4.57 Å². The molecule has 5 nitrogen and oxygen atoms in total. The third kappa shape index (κ3) is 2.14.